The summed E-state index contributed by atoms with van der Waals surface area (Å²) in [4.78, 5) is 17.8. The lowest BCUT2D eigenvalue weighted by molar-refractivity contribution is 0.102. The molecule has 3 heterocycles. The van der Waals surface area contributed by atoms with Crippen LogP contribution in [0.2, 0.25) is 0 Å². The Morgan fingerprint density at radius 3 is 2.83 bits per heavy atom. The molecule has 11 heteroatoms. The summed E-state index contributed by atoms with van der Waals surface area (Å²) >= 11 is 1.27. The van der Waals surface area contributed by atoms with Crippen molar-refractivity contribution in [3.8, 4) is 11.3 Å². The molecule has 152 valence electrons. The van der Waals surface area contributed by atoms with Gasteiger partial charge in [-0.3, -0.25) is 15.2 Å². The van der Waals surface area contributed by atoms with Crippen LogP contribution < -0.4 is 5.32 Å². The monoisotopic (exact) mass is 435 g/mol. The van der Waals surface area contributed by atoms with Crippen LogP contribution in [0.15, 0.2) is 30.3 Å². The predicted molar refractivity (Wildman–Crippen MR) is 108 cm³/mol. The number of amides is 1. The Morgan fingerprint density at radius 1 is 1.34 bits per heavy atom. The van der Waals surface area contributed by atoms with Crippen molar-refractivity contribution in [1.29, 1.82) is 0 Å². The minimum atomic E-state index is -3.26. The second-order valence-electron chi connectivity index (χ2n) is 6.50. The number of aromatic nitrogens is 3. The highest BCUT2D eigenvalue weighted by Crippen LogP contribution is 2.30. The molecule has 2 aromatic heterocycles. The molecule has 1 amide bonds. The second-order valence-corrected chi connectivity index (χ2v) is 9.84. The number of sulfonamides is 1. The number of halogens is 1. The minimum Gasteiger partial charge on any atom is -0.296 e. The number of hydrogen-bond acceptors (Lipinski definition) is 6. The molecule has 3 aromatic rings. The van der Waals surface area contributed by atoms with Gasteiger partial charge in [0.15, 0.2) is 5.13 Å². The van der Waals surface area contributed by atoms with Crippen molar-refractivity contribution >= 4 is 32.4 Å². The molecule has 1 aliphatic rings. The Balaban J connectivity index is 1.47. The zero-order valence-corrected chi connectivity index (χ0v) is 17.1. The summed E-state index contributed by atoms with van der Waals surface area (Å²) in [6, 6.07) is 7.39. The summed E-state index contributed by atoms with van der Waals surface area (Å²) in [5.41, 5.74) is 2.26. The van der Waals surface area contributed by atoms with Gasteiger partial charge in [0.25, 0.3) is 5.91 Å². The highest BCUT2D eigenvalue weighted by atomic mass is 32.2. The van der Waals surface area contributed by atoms with E-state index in [1.54, 1.807) is 25.1 Å². The number of anilines is 1. The van der Waals surface area contributed by atoms with E-state index in [0.29, 0.717) is 29.4 Å². The Kier molecular flexibility index (Phi) is 5.19. The molecule has 1 aromatic carbocycles. The van der Waals surface area contributed by atoms with E-state index in [-0.39, 0.29) is 23.8 Å². The third-order valence-electron chi connectivity index (χ3n) is 4.64. The molecule has 0 radical (unpaired) electrons. The Bertz CT molecular complexity index is 1150. The van der Waals surface area contributed by atoms with Crippen molar-refractivity contribution in [2.75, 3.05) is 17.6 Å². The fourth-order valence-corrected chi connectivity index (χ4v) is 5.18. The van der Waals surface area contributed by atoms with Gasteiger partial charge in [-0.15, -0.1) is 11.3 Å². The number of carbonyl (C=O) groups excluding carboxylic acids is 1. The van der Waals surface area contributed by atoms with Crippen LogP contribution in [-0.4, -0.2) is 46.1 Å². The Labute approximate surface area is 170 Å². The molecule has 29 heavy (non-hydrogen) atoms. The normalized spacial score (nSPS) is 14.6. The van der Waals surface area contributed by atoms with Crippen LogP contribution in [0.5, 0.6) is 0 Å². The lowest BCUT2D eigenvalue weighted by Crippen LogP contribution is -2.36. The molecule has 2 N–H and O–H groups in total. The third-order valence-corrected chi connectivity index (χ3v) is 7.46. The first kappa shape index (κ1) is 19.7. The number of fused-ring (bicyclic) bond motifs is 1. The van der Waals surface area contributed by atoms with Gasteiger partial charge in [-0.05, 0) is 37.3 Å². The van der Waals surface area contributed by atoms with E-state index in [0.717, 1.165) is 10.6 Å². The van der Waals surface area contributed by atoms with Crippen molar-refractivity contribution < 1.29 is 17.6 Å². The molecular formula is C18H18FN5O3S2. The summed E-state index contributed by atoms with van der Waals surface area (Å²) in [7, 11) is -3.26. The van der Waals surface area contributed by atoms with Crippen LogP contribution in [0.3, 0.4) is 0 Å². The molecule has 0 spiro atoms. The number of carbonyl (C=O) groups is 1. The van der Waals surface area contributed by atoms with Gasteiger partial charge in [0.05, 0.1) is 17.1 Å². The van der Waals surface area contributed by atoms with E-state index in [9.17, 15) is 17.6 Å². The lowest BCUT2D eigenvalue weighted by Gasteiger charge is -2.24. The van der Waals surface area contributed by atoms with Crippen LogP contribution in [0.4, 0.5) is 9.52 Å². The van der Waals surface area contributed by atoms with E-state index < -0.39 is 15.9 Å². The molecule has 0 saturated carbocycles. The number of hydrogen-bond donors (Lipinski definition) is 2. The fourth-order valence-electron chi connectivity index (χ4n) is 3.02. The van der Waals surface area contributed by atoms with Crippen LogP contribution >= 0.6 is 11.3 Å². The molecule has 0 bridgehead atoms. The van der Waals surface area contributed by atoms with E-state index in [1.165, 1.54) is 27.8 Å². The predicted octanol–water partition coefficient (Wildman–Crippen LogP) is 2.63. The Hall–Kier alpha value is -2.63. The number of benzene rings is 1. The van der Waals surface area contributed by atoms with Gasteiger partial charge in [-0.1, -0.05) is 0 Å². The number of nitrogens with one attached hydrogen (secondary N) is 2. The van der Waals surface area contributed by atoms with Crippen LogP contribution in [-0.2, 0) is 23.0 Å². The molecule has 0 unspecified atom stereocenters. The first-order valence-corrected chi connectivity index (χ1v) is 11.4. The van der Waals surface area contributed by atoms with Crippen LogP contribution in [0, 0.1) is 5.82 Å². The molecule has 0 saturated heterocycles. The molecule has 0 fully saturated rings. The first-order valence-electron chi connectivity index (χ1n) is 8.95. The summed E-state index contributed by atoms with van der Waals surface area (Å²) in [5.74, 6) is -0.698. The second kappa shape index (κ2) is 7.65. The lowest BCUT2D eigenvalue weighted by atomic mass is 10.1. The van der Waals surface area contributed by atoms with Gasteiger partial charge < -0.3 is 0 Å². The van der Waals surface area contributed by atoms with Crippen molar-refractivity contribution in [3.63, 3.8) is 0 Å². The molecule has 1 aliphatic heterocycles. The van der Waals surface area contributed by atoms with Gasteiger partial charge in [0.1, 0.15) is 11.5 Å². The summed E-state index contributed by atoms with van der Waals surface area (Å²) < 4.78 is 38.7. The summed E-state index contributed by atoms with van der Waals surface area (Å²) in [6.07, 6.45) is 0.514. The average Bonchev–Trinajstić information content (AvgIpc) is 3.34. The maximum atomic E-state index is 13.1. The number of thiazole rings is 1. The van der Waals surface area contributed by atoms with Crippen LogP contribution in [0.1, 0.15) is 28.0 Å². The van der Waals surface area contributed by atoms with E-state index in [2.05, 4.69) is 20.5 Å². The maximum Gasteiger partial charge on any atom is 0.275 e. The van der Waals surface area contributed by atoms with Gasteiger partial charge in [-0.2, -0.15) is 9.40 Å². The summed E-state index contributed by atoms with van der Waals surface area (Å²) in [5, 5.41) is 9.90. The van der Waals surface area contributed by atoms with Crippen molar-refractivity contribution in [2.24, 2.45) is 0 Å². The fraction of sp³-hybridized carbons (Fsp3) is 0.278. The number of rotatable bonds is 5. The molecule has 0 atom stereocenters. The average molecular weight is 436 g/mol. The van der Waals surface area contributed by atoms with Crippen molar-refractivity contribution in [1.82, 2.24) is 19.5 Å². The van der Waals surface area contributed by atoms with Crippen molar-refractivity contribution in [3.05, 3.63) is 52.4 Å². The van der Waals surface area contributed by atoms with Gasteiger partial charge >= 0.3 is 0 Å². The van der Waals surface area contributed by atoms with E-state index >= 15 is 0 Å². The standard InChI is InChI=1S/C18H18FN5O3S2/c1-2-29(26,27)24-8-7-13-16(10-24)28-18(20-13)21-17(25)15-9-14(22-23-15)11-3-5-12(19)6-4-11/h3-6,9H,2,7-8,10H2,1H3,(H,22,23)(H,20,21,25). The van der Waals surface area contributed by atoms with Gasteiger partial charge in [0, 0.05) is 30.0 Å². The van der Waals surface area contributed by atoms with Crippen molar-refractivity contribution in [2.45, 2.75) is 19.9 Å². The number of H-pyrrole nitrogens is 1. The third kappa shape index (κ3) is 4.07. The smallest absolute Gasteiger partial charge is 0.275 e. The molecule has 4 rings (SSSR count). The zero-order chi connectivity index (χ0) is 20.6. The molecule has 8 nitrogen and oxygen atoms in total. The van der Waals surface area contributed by atoms with Crippen LogP contribution in [0.25, 0.3) is 11.3 Å². The minimum absolute atomic E-state index is 0.0565. The topological polar surface area (TPSA) is 108 Å². The number of nitrogens with zero attached hydrogens (tertiary/aromatic N) is 3. The van der Waals surface area contributed by atoms with Gasteiger partial charge in [-0.25, -0.2) is 17.8 Å². The largest absolute Gasteiger partial charge is 0.296 e. The van der Waals surface area contributed by atoms with E-state index in [1.807, 2.05) is 0 Å². The highest BCUT2D eigenvalue weighted by Gasteiger charge is 2.28. The molecular weight excluding hydrogens is 417 g/mol. The molecule has 0 aliphatic carbocycles. The zero-order valence-electron chi connectivity index (χ0n) is 15.5. The first-order chi connectivity index (χ1) is 13.9. The van der Waals surface area contributed by atoms with E-state index in [4.69, 9.17) is 0 Å². The highest BCUT2D eigenvalue weighted by molar-refractivity contribution is 7.89. The quantitative estimate of drug-likeness (QED) is 0.641. The number of aromatic amines is 1. The SMILES string of the molecule is CCS(=O)(=O)N1CCc2nc(NC(=O)c3cc(-c4ccc(F)cc4)n[nH]3)sc2C1. The Morgan fingerprint density at radius 2 is 2.10 bits per heavy atom. The summed E-state index contributed by atoms with van der Waals surface area (Å²) in [6.45, 7) is 2.29. The maximum absolute atomic E-state index is 13.1. The van der Waals surface area contributed by atoms with Gasteiger partial charge in [0.2, 0.25) is 10.0 Å².